The van der Waals surface area contributed by atoms with Crippen molar-refractivity contribution in [3.8, 4) is 0 Å². The van der Waals surface area contributed by atoms with E-state index in [2.05, 4.69) is 24.1 Å². The Hall–Kier alpha value is -4.25. The van der Waals surface area contributed by atoms with E-state index in [1.807, 2.05) is 65.1 Å². The number of hydrogen-bond acceptors (Lipinski definition) is 12. The Balaban J connectivity index is 1.24. The summed E-state index contributed by atoms with van der Waals surface area (Å²) in [4.78, 5) is 77.2. The number of carbonyl (C=O) groups is 5. The summed E-state index contributed by atoms with van der Waals surface area (Å²) in [6, 6.07) is 6.79. The number of carbonyl (C=O) groups excluding carboxylic acids is 5. The van der Waals surface area contributed by atoms with E-state index >= 15 is 0 Å². The number of allylic oxidation sites excluding steroid dienone is 3. The van der Waals surface area contributed by atoms with Crippen LogP contribution in [0.1, 0.15) is 126 Å². The minimum atomic E-state index is -2.49. The SMILES string of the molecule is CCC1/C=C(\C)CC(C)CC(OC)C2OC(O)(C(=O)C(=O)N3CCCCC3C(=O)OC(C(C)=CC3CCC(OCC(=O)N(CC)c4c[nH]c5ccccc45)C(OC)C3)C(C)CCC1=O)C(C)CC2OC. The van der Waals surface area contributed by atoms with Gasteiger partial charge in [0.1, 0.15) is 30.6 Å². The molecular weight excluding hydrogens is 895 g/mol. The number of esters is 1. The Morgan fingerprint density at radius 3 is 2.34 bits per heavy atom. The molecule has 0 spiro atoms. The molecule has 2 bridgehead atoms. The summed E-state index contributed by atoms with van der Waals surface area (Å²) in [5, 5.41) is 13.1. The van der Waals surface area contributed by atoms with Crippen molar-refractivity contribution in [3.63, 3.8) is 0 Å². The summed E-state index contributed by atoms with van der Waals surface area (Å²) in [7, 11) is 4.75. The zero-order valence-electron chi connectivity index (χ0n) is 43.4. The molecule has 1 saturated carbocycles. The van der Waals surface area contributed by atoms with Crippen LogP contribution in [-0.2, 0) is 52.4 Å². The molecule has 388 valence electrons. The summed E-state index contributed by atoms with van der Waals surface area (Å²) >= 11 is 0. The molecule has 1 aliphatic carbocycles. The largest absolute Gasteiger partial charge is 0.456 e. The molecule has 4 aliphatic rings. The van der Waals surface area contributed by atoms with E-state index in [4.69, 9.17) is 28.4 Å². The number of methoxy groups -OCH3 is 3. The molecule has 3 aliphatic heterocycles. The molecule has 13 unspecified atom stereocenters. The van der Waals surface area contributed by atoms with E-state index in [1.54, 1.807) is 33.2 Å². The van der Waals surface area contributed by atoms with E-state index in [1.165, 1.54) is 4.90 Å². The van der Waals surface area contributed by atoms with Crippen molar-refractivity contribution < 1.29 is 57.5 Å². The first-order valence-corrected chi connectivity index (χ1v) is 25.9. The van der Waals surface area contributed by atoms with Gasteiger partial charge in [-0.2, -0.15) is 0 Å². The molecule has 6 rings (SSSR count). The zero-order chi connectivity index (χ0) is 50.9. The van der Waals surface area contributed by atoms with Crippen LogP contribution >= 0.6 is 0 Å². The molecule has 2 amide bonds. The third kappa shape index (κ3) is 12.7. The number of aromatic amines is 1. The van der Waals surface area contributed by atoms with Crippen molar-refractivity contribution in [1.82, 2.24) is 9.88 Å². The predicted molar refractivity (Wildman–Crippen MR) is 267 cm³/mol. The highest BCUT2D eigenvalue weighted by Gasteiger charge is 2.56. The highest BCUT2D eigenvalue weighted by atomic mass is 16.7. The van der Waals surface area contributed by atoms with E-state index in [9.17, 15) is 29.1 Å². The number of fused-ring (bicyclic) bond motifs is 4. The molecule has 2 saturated heterocycles. The molecule has 4 heterocycles. The van der Waals surface area contributed by atoms with E-state index < -0.39 is 59.8 Å². The molecule has 0 radical (unpaired) electrons. The third-order valence-corrected chi connectivity index (χ3v) is 15.6. The summed E-state index contributed by atoms with van der Waals surface area (Å²) in [5.74, 6) is -6.58. The number of anilines is 1. The van der Waals surface area contributed by atoms with Crippen molar-refractivity contribution >= 4 is 45.9 Å². The molecule has 15 nitrogen and oxygen atoms in total. The number of aliphatic hydroxyl groups is 1. The number of H-pyrrole nitrogens is 1. The van der Waals surface area contributed by atoms with E-state index in [0.717, 1.165) is 34.2 Å². The maximum atomic E-state index is 14.6. The van der Waals surface area contributed by atoms with Crippen LogP contribution in [0.2, 0.25) is 0 Å². The van der Waals surface area contributed by atoms with E-state index in [0.29, 0.717) is 57.9 Å². The van der Waals surface area contributed by atoms with Crippen LogP contribution in [0.5, 0.6) is 0 Å². The number of piperidine rings is 1. The smallest absolute Gasteiger partial charge is 0.329 e. The van der Waals surface area contributed by atoms with Gasteiger partial charge in [-0.15, -0.1) is 0 Å². The number of likely N-dealkylation sites (N-methyl/N-ethyl adjacent to an activating group) is 1. The third-order valence-electron chi connectivity index (χ3n) is 15.6. The lowest BCUT2D eigenvalue weighted by Gasteiger charge is -2.47. The van der Waals surface area contributed by atoms with Crippen molar-refractivity contribution in [2.75, 3.05) is 45.9 Å². The van der Waals surface area contributed by atoms with Crippen LogP contribution in [0, 0.1) is 29.6 Å². The number of nitrogens with one attached hydrogen (secondary N) is 1. The maximum absolute atomic E-state index is 14.6. The Morgan fingerprint density at radius 1 is 0.929 bits per heavy atom. The first-order valence-electron chi connectivity index (χ1n) is 25.9. The second-order valence-corrected chi connectivity index (χ2v) is 20.7. The lowest BCUT2D eigenvalue weighted by molar-refractivity contribution is -0.302. The molecule has 15 heteroatoms. The fraction of sp³-hybridized carbons (Fsp3) is 0.691. The standard InChI is InChI=1S/C55H81N3O12/c1-11-39-26-33(3)25-34(4)27-47(66-9)51-48(67-10)29-37(7)55(64,70-51)52(61)53(62)58-24-16-15-19-42(58)54(63)69-50(35(5)20-22-44(39)59)36(6)28-38-21-23-45(46(30-38)65-8)68-32-49(60)57(12-2)43-31-56-41-18-14-13-17-40(41)43/h13-14,17-18,26,28,31,34-35,37-39,42,45-48,50-51,56,64H,11-12,15-16,19-25,27,29-30,32H2,1-10H3/b33-26+,36-28?. The average molecular weight is 976 g/mol. The number of hydrogen-bond donors (Lipinski definition) is 2. The number of ketones is 2. The van der Waals surface area contributed by atoms with Gasteiger partial charge in [-0.25, -0.2) is 4.79 Å². The Kier molecular flexibility index (Phi) is 19.6. The number of rotatable bonds is 11. The van der Waals surface area contributed by atoms with Gasteiger partial charge in [0.15, 0.2) is 0 Å². The van der Waals surface area contributed by atoms with Gasteiger partial charge in [0.2, 0.25) is 5.79 Å². The number of amides is 2. The van der Waals surface area contributed by atoms with Crippen LogP contribution < -0.4 is 4.90 Å². The Labute approximate surface area is 415 Å². The molecule has 3 fully saturated rings. The van der Waals surface area contributed by atoms with Crippen LogP contribution in [0.15, 0.2) is 53.8 Å². The highest BCUT2D eigenvalue weighted by molar-refractivity contribution is 6.39. The minimum absolute atomic E-state index is 0.0272. The molecular formula is C55H81N3O12. The number of Topliss-reactive ketones (excluding diaryl/α,β-unsaturated/α-hetero) is 2. The normalized spacial score (nSPS) is 34.5. The summed E-state index contributed by atoms with van der Waals surface area (Å²) < 4.78 is 36.9. The van der Waals surface area contributed by atoms with E-state index in [-0.39, 0.29) is 80.0 Å². The van der Waals surface area contributed by atoms with Gasteiger partial charge < -0.3 is 48.3 Å². The van der Waals surface area contributed by atoms with Gasteiger partial charge in [0, 0.05) is 69.8 Å². The van der Waals surface area contributed by atoms with Crippen molar-refractivity contribution in [3.05, 3.63) is 53.8 Å². The van der Waals surface area contributed by atoms with Gasteiger partial charge in [0.05, 0.1) is 30.1 Å². The van der Waals surface area contributed by atoms with Gasteiger partial charge in [-0.3, -0.25) is 19.2 Å². The molecule has 2 aromatic rings. The van der Waals surface area contributed by atoms with Crippen molar-refractivity contribution in [2.45, 2.75) is 174 Å². The number of nitrogens with zero attached hydrogens (tertiary/aromatic N) is 2. The van der Waals surface area contributed by atoms with Gasteiger partial charge in [0.25, 0.3) is 17.6 Å². The first kappa shape index (κ1) is 55.1. The summed E-state index contributed by atoms with van der Waals surface area (Å²) in [5.41, 5.74) is 3.64. The molecule has 2 N–H and O–H groups in total. The summed E-state index contributed by atoms with van der Waals surface area (Å²) in [6.07, 6.45) is 8.93. The molecule has 1 aromatic carbocycles. The van der Waals surface area contributed by atoms with Crippen molar-refractivity contribution in [2.24, 2.45) is 29.6 Å². The first-order chi connectivity index (χ1) is 33.5. The van der Waals surface area contributed by atoms with Crippen LogP contribution in [0.3, 0.4) is 0 Å². The van der Waals surface area contributed by atoms with Gasteiger partial charge in [-0.05, 0) is 121 Å². The van der Waals surface area contributed by atoms with Gasteiger partial charge >= 0.3 is 5.97 Å². The molecule has 70 heavy (non-hydrogen) atoms. The monoisotopic (exact) mass is 976 g/mol. The molecule has 1 aromatic heterocycles. The Bertz CT molecular complexity index is 2190. The lowest BCUT2D eigenvalue weighted by Crippen LogP contribution is -2.64. The number of para-hydroxylation sites is 1. The maximum Gasteiger partial charge on any atom is 0.329 e. The van der Waals surface area contributed by atoms with Crippen LogP contribution in [-0.4, -0.2) is 134 Å². The number of aromatic nitrogens is 1. The van der Waals surface area contributed by atoms with Crippen LogP contribution in [0.4, 0.5) is 5.69 Å². The quantitative estimate of drug-likeness (QED) is 0.126. The molecule has 13 atom stereocenters. The predicted octanol–water partition coefficient (Wildman–Crippen LogP) is 8.06. The van der Waals surface area contributed by atoms with Crippen molar-refractivity contribution in [1.29, 1.82) is 0 Å². The second kappa shape index (κ2) is 24.9. The van der Waals surface area contributed by atoms with Crippen LogP contribution in [0.25, 0.3) is 10.9 Å². The highest BCUT2D eigenvalue weighted by Crippen LogP contribution is 2.40. The minimum Gasteiger partial charge on any atom is -0.456 e. The van der Waals surface area contributed by atoms with Gasteiger partial charge in [-0.1, -0.05) is 63.6 Å². The summed E-state index contributed by atoms with van der Waals surface area (Å²) in [6.45, 7) is 14.2. The topological polar surface area (TPSA) is 183 Å². The lowest BCUT2D eigenvalue weighted by atomic mass is 9.82. The number of cyclic esters (lactones) is 1. The fourth-order valence-electron chi connectivity index (χ4n) is 11.6. The fourth-order valence-corrected chi connectivity index (χ4v) is 11.6. The average Bonchev–Trinajstić information content (AvgIpc) is 3.78. The number of benzene rings is 1. The zero-order valence-corrected chi connectivity index (χ0v) is 43.4. The Morgan fingerprint density at radius 2 is 1.64 bits per heavy atom. The second-order valence-electron chi connectivity index (χ2n) is 20.7. The number of ether oxygens (including phenoxy) is 6.